The summed E-state index contributed by atoms with van der Waals surface area (Å²) in [7, 11) is 0. The molecule has 3 aromatic rings. The van der Waals surface area contributed by atoms with Gasteiger partial charge in [0.15, 0.2) is 0 Å². The number of hydrogen-bond donors (Lipinski definition) is 2. The number of aryl methyl sites for hydroxylation is 2. The molecule has 3 rings (SSSR count). The Morgan fingerprint density at radius 2 is 2.12 bits per heavy atom. The van der Waals surface area contributed by atoms with Gasteiger partial charge in [0.1, 0.15) is 16.5 Å². The smallest absolute Gasteiger partial charge is 0.139 e. The van der Waals surface area contributed by atoms with E-state index >= 15 is 0 Å². The third-order valence-corrected chi connectivity index (χ3v) is 5.35. The minimum absolute atomic E-state index is 0.169. The number of aromatic nitrogens is 3. The Morgan fingerprint density at radius 1 is 1.29 bits per heavy atom. The van der Waals surface area contributed by atoms with Gasteiger partial charge >= 0.3 is 0 Å². The highest BCUT2D eigenvalue weighted by molar-refractivity contribution is 7.18. The van der Waals surface area contributed by atoms with Crippen LogP contribution in [0.5, 0.6) is 0 Å². The number of pyridine rings is 1. The van der Waals surface area contributed by atoms with Crippen molar-refractivity contribution in [1.82, 2.24) is 15.0 Å². The zero-order chi connectivity index (χ0) is 17.1. The molecule has 0 aliphatic heterocycles. The molecule has 0 aliphatic rings. The zero-order valence-electron chi connectivity index (χ0n) is 14.3. The third kappa shape index (κ3) is 3.25. The number of nitrogens with one attached hydrogen (secondary N) is 1. The highest BCUT2D eigenvalue weighted by Gasteiger charge is 2.17. The maximum Gasteiger partial charge on any atom is 0.139 e. The van der Waals surface area contributed by atoms with E-state index in [9.17, 15) is 0 Å². The van der Waals surface area contributed by atoms with Gasteiger partial charge < -0.3 is 11.1 Å². The quantitative estimate of drug-likeness (QED) is 0.714. The summed E-state index contributed by atoms with van der Waals surface area (Å²) < 4.78 is 0. The summed E-state index contributed by atoms with van der Waals surface area (Å²) >= 11 is 1.72. The first-order valence-electron chi connectivity index (χ1n) is 8.27. The molecule has 6 heteroatoms. The molecule has 0 spiro atoms. The lowest BCUT2D eigenvalue weighted by Crippen LogP contribution is -2.14. The van der Waals surface area contributed by atoms with Crippen molar-refractivity contribution in [3.63, 3.8) is 0 Å². The molecule has 0 saturated carbocycles. The average molecular weight is 341 g/mol. The molecule has 3 aromatic heterocycles. The minimum Gasteiger partial charge on any atom is -0.363 e. The van der Waals surface area contributed by atoms with Crippen LogP contribution >= 0.6 is 11.3 Å². The van der Waals surface area contributed by atoms with Gasteiger partial charge in [-0.25, -0.2) is 9.97 Å². The van der Waals surface area contributed by atoms with Crippen LogP contribution in [0.3, 0.4) is 0 Å². The molecule has 0 bridgehead atoms. The molecule has 0 radical (unpaired) electrons. The van der Waals surface area contributed by atoms with Gasteiger partial charge in [-0.1, -0.05) is 13.0 Å². The van der Waals surface area contributed by atoms with Gasteiger partial charge in [-0.15, -0.1) is 11.3 Å². The number of fused-ring (bicyclic) bond motifs is 1. The monoisotopic (exact) mass is 341 g/mol. The van der Waals surface area contributed by atoms with Crippen molar-refractivity contribution in [3.05, 3.63) is 46.4 Å². The summed E-state index contributed by atoms with van der Waals surface area (Å²) in [6.07, 6.45) is 5.34. The highest BCUT2D eigenvalue weighted by Crippen LogP contribution is 2.35. The molecule has 0 unspecified atom stereocenters. The van der Waals surface area contributed by atoms with Gasteiger partial charge in [-0.3, -0.25) is 4.98 Å². The number of nitrogens with zero attached hydrogens (tertiary/aromatic N) is 3. The second kappa shape index (κ2) is 7.23. The Balaban J connectivity index is 2.06. The zero-order valence-corrected chi connectivity index (χ0v) is 15.2. The van der Waals surface area contributed by atoms with Gasteiger partial charge in [0, 0.05) is 23.7 Å². The van der Waals surface area contributed by atoms with Crippen LogP contribution in [0.2, 0.25) is 0 Å². The van der Waals surface area contributed by atoms with E-state index in [0.717, 1.165) is 33.8 Å². The van der Waals surface area contributed by atoms with Crippen molar-refractivity contribution < 1.29 is 0 Å². The molecule has 3 heterocycles. The first-order valence-corrected chi connectivity index (χ1v) is 9.08. The Bertz CT molecular complexity index is 828. The molecule has 0 saturated heterocycles. The second-order valence-electron chi connectivity index (χ2n) is 5.88. The summed E-state index contributed by atoms with van der Waals surface area (Å²) in [6, 6.07) is 4.23. The first kappa shape index (κ1) is 16.8. The molecule has 3 N–H and O–H groups in total. The van der Waals surface area contributed by atoms with E-state index in [1.165, 1.54) is 10.4 Å². The van der Waals surface area contributed by atoms with Gasteiger partial charge in [0.2, 0.25) is 0 Å². The number of thiophene rings is 1. The van der Waals surface area contributed by atoms with Crippen molar-refractivity contribution in [3.8, 4) is 0 Å². The van der Waals surface area contributed by atoms with Crippen molar-refractivity contribution in [2.45, 2.75) is 39.7 Å². The van der Waals surface area contributed by atoms with Gasteiger partial charge in [0.05, 0.1) is 11.4 Å². The fourth-order valence-electron chi connectivity index (χ4n) is 2.81. The normalized spacial score (nSPS) is 12.5. The third-order valence-electron chi connectivity index (χ3n) is 4.25. The van der Waals surface area contributed by atoms with Gasteiger partial charge in [-0.2, -0.15) is 0 Å². The van der Waals surface area contributed by atoms with Crippen LogP contribution < -0.4 is 11.1 Å². The molecule has 24 heavy (non-hydrogen) atoms. The maximum absolute atomic E-state index is 5.70. The van der Waals surface area contributed by atoms with E-state index < -0.39 is 0 Å². The SMILES string of the molecule is CC[C@@H](Nc1nc(CCN)nc2sc(C)c(C)c12)c1cccnc1. The van der Waals surface area contributed by atoms with Crippen LogP contribution in [0.25, 0.3) is 10.2 Å². The Labute approximate surface area is 146 Å². The molecule has 0 amide bonds. The number of nitrogens with two attached hydrogens (primary N) is 1. The first-order chi connectivity index (χ1) is 11.6. The molecule has 126 valence electrons. The van der Waals surface area contributed by atoms with Gasteiger partial charge in [0.25, 0.3) is 0 Å². The number of anilines is 1. The molecular formula is C18H23N5S. The van der Waals surface area contributed by atoms with E-state index in [1.807, 2.05) is 12.3 Å². The standard InChI is InChI=1S/C18H23N5S/c1-4-14(13-6-5-9-20-10-13)21-17-16-11(2)12(3)24-18(16)23-15(22-17)7-8-19/h5-6,9-10,14H,4,7-8,19H2,1-3H3,(H,21,22,23)/t14-/m1/s1. The van der Waals surface area contributed by atoms with Crippen LogP contribution in [0, 0.1) is 13.8 Å². The van der Waals surface area contributed by atoms with Crippen LogP contribution in [-0.2, 0) is 6.42 Å². The fourth-order valence-corrected chi connectivity index (χ4v) is 3.86. The Hall–Kier alpha value is -2.05. The molecule has 0 aliphatic carbocycles. The van der Waals surface area contributed by atoms with Crippen LogP contribution in [0.4, 0.5) is 5.82 Å². The van der Waals surface area contributed by atoms with E-state index in [2.05, 4.69) is 42.1 Å². The van der Waals surface area contributed by atoms with Gasteiger partial charge in [-0.05, 0) is 44.0 Å². The van der Waals surface area contributed by atoms with Crippen molar-refractivity contribution in [2.75, 3.05) is 11.9 Å². The Morgan fingerprint density at radius 3 is 2.79 bits per heavy atom. The van der Waals surface area contributed by atoms with Crippen molar-refractivity contribution in [1.29, 1.82) is 0 Å². The van der Waals surface area contributed by atoms with Crippen LogP contribution in [0.1, 0.15) is 41.2 Å². The summed E-state index contributed by atoms with van der Waals surface area (Å²) in [5, 5.41) is 4.74. The topological polar surface area (TPSA) is 76.7 Å². The van der Waals surface area contributed by atoms with E-state index in [1.54, 1.807) is 17.5 Å². The summed E-state index contributed by atoms with van der Waals surface area (Å²) in [6.45, 7) is 6.98. The van der Waals surface area contributed by atoms with E-state index in [-0.39, 0.29) is 6.04 Å². The minimum atomic E-state index is 0.169. The van der Waals surface area contributed by atoms with Crippen LogP contribution in [-0.4, -0.2) is 21.5 Å². The lowest BCUT2D eigenvalue weighted by atomic mass is 10.1. The number of hydrogen-bond acceptors (Lipinski definition) is 6. The molecule has 1 atom stereocenters. The van der Waals surface area contributed by atoms with Crippen LogP contribution in [0.15, 0.2) is 24.5 Å². The fraction of sp³-hybridized carbons (Fsp3) is 0.389. The molecule has 0 fully saturated rings. The number of rotatable bonds is 6. The maximum atomic E-state index is 5.70. The predicted molar refractivity (Wildman–Crippen MR) is 101 cm³/mol. The Kier molecular flexibility index (Phi) is 5.06. The highest BCUT2D eigenvalue weighted by atomic mass is 32.1. The van der Waals surface area contributed by atoms with Crippen molar-refractivity contribution in [2.24, 2.45) is 5.73 Å². The summed E-state index contributed by atoms with van der Waals surface area (Å²) in [5.74, 6) is 1.70. The predicted octanol–water partition coefficient (Wildman–Crippen LogP) is 3.77. The lowest BCUT2D eigenvalue weighted by molar-refractivity contribution is 0.738. The largest absolute Gasteiger partial charge is 0.363 e. The van der Waals surface area contributed by atoms with E-state index in [0.29, 0.717) is 13.0 Å². The van der Waals surface area contributed by atoms with Crippen molar-refractivity contribution >= 4 is 27.4 Å². The molecule has 5 nitrogen and oxygen atoms in total. The van der Waals surface area contributed by atoms with E-state index in [4.69, 9.17) is 10.7 Å². The summed E-state index contributed by atoms with van der Waals surface area (Å²) in [5.41, 5.74) is 8.11. The molecule has 0 aromatic carbocycles. The average Bonchev–Trinajstić information content (AvgIpc) is 2.88. The molecular weight excluding hydrogens is 318 g/mol. The lowest BCUT2D eigenvalue weighted by Gasteiger charge is -2.19. The summed E-state index contributed by atoms with van der Waals surface area (Å²) in [4.78, 5) is 16.0. The second-order valence-corrected chi connectivity index (χ2v) is 7.09.